The fourth-order valence-corrected chi connectivity index (χ4v) is 2.30. The number of hydrogen-bond donors (Lipinski definition) is 0. The molecule has 0 atom stereocenters. The lowest BCUT2D eigenvalue weighted by atomic mass is 10.1. The van der Waals surface area contributed by atoms with Crippen LogP contribution in [0, 0.1) is 0 Å². The second-order valence-corrected chi connectivity index (χ2v) is 4.55. The van der Waals surface area contributed by atoms with Crippen molar-refractivity contribution in [1.82, 2.24) is 0 Å². The lowest BCUT2D eigenvalue weighted by molar-refractivity contribution is 0.112. The minimum absolute atomic E-state index is 0.540. The number of ether oxygens (including phenoxy) is 2. The normalized spacial score (nSPS) is 10.6. The van der Waals surface area contributed by atoms with Gasteiger partial charge >= 0.3 is 0 Å². The van der Waals surface area contributed by atoms with Crippen LogP contribution in [0.25, 0.3) is 22.3 Å². The number of aldehydes is 1. The van der Waals surface area contributed by atoms with Crippen LogP contribution in [0.4, 0.5) is 0 Å². The van der Waals surface area contributed by atoms with Crippen LogP contribution in [0.2, 0.25) is 0 Å². The van der Waals surface area contributed by atoms with E-state index in [1.807, 2.05) is 36.4 Å². The van der Waals surface area contributed by atoms with Crippen LogP contribution < -0.4 is 9.47 Å². The molecular formula is C17H14O4. The third-order valence-electron chi connectivity index (χ3n) is 3.41. The molecule has 0 aliphatic carbocycles. The molecule has 0 saturated heterocycles. The molecule has 0 aliphatic rings. The first-order valence-corrected chi connectivity index (χ1v) is 6.47. The average Bonchev–Trinajstić information content (AvgIpc) is 2.92. The van der Waals surface area contributed by atoms with Crippen LogP contribution in [0.3, 0.4) is 0 Å². The van der Waals surface area contributed by atoms with Crippen molar-refractivity contribution in [2.45, 2.75) is 0 Å². The predicted octanol–water partition coefficient (Wildman–Crippen LogP) is 3.93. The molecule has 3 rings (SSSR count). The van der Waals surface area contributed by atoms with Gasteiger partial charge in [-0.25, -0.2) is 0 Å². The Morgan fingerprint density at radius 1 is 0.952 bits per heavy atom. The largest absolute Gasteiger partial charge is 0.497 e. The highest BCUT2D eigenvalue weighted by Gasteiger charge is 2.16. The highest BCUT2D eigenvalue weighted by molar-refractivity contribution is 6.02. The van der Waals surface area contributed by atoms with Crippen LogP contribution in [-0.4, -0.2) is 20.5 Å². The van der Waals surface area contributed by atoms with Crippen molar-refractivity contribution in [2.75, 3.05) is 14.2 Å². The number of benzene rings is 2. The number of carbonyl (C=O) groups is 1. The molecule has 106 valence electrons. The van der Waals surface area contributed by atoms with Gasteiger partial charge in [0.05, 0.1) is 19.8 Å². The van der Waals surface area contributed by atoms with E-state index in [4.69, 9.17) is 13.9 Å². The molecule has 0 bridgehead atoms. The second-order valence-electron chi connectivity index (χ2n) is 4.55. The van der Waals surface area contributed by atoms with Gasteiger partial charge in [-0.05, 0) is 36.4 Å². The summed E-state index contributed by atoms with van der Waals surface area (Å²) >= 11 is 0. The Morgan fingerprint density at radius 2 is 1.62 bits per heavy atom. The first-order valence-electron chi connectivity index (χ1n) is 6.47. The van der Waals surface area contributed by atoms with Gasteiger partial charge in [0.25, 0.3) is 0 Å². The van der Waals surface area contributed by atoms with Gasteiger partial charge in [-0.15, -0.1) is 0 Å². The quantitative estimate of drug-likeness (QED) is 0.680. The van der Waals surface area contributed by atoms with E-state index in [1.165, 1.54) is 0 Å². The minimum atomic E-state index is 0.540. The smallest absolute Gasteiger partial charge is 0.154 e. The molecule has 0 fully saturated rings. The van der Waals surface area contributed by atoms with Crippen molar-refractivity contribution in [2.24, 2.45) is 0 Å². The summed E-state index contributed by atoms with van der Waals surface area (Å²) in [5.41, 5.74) is 1.99. The van der Waals surface area contributed by atoms with Gasteiger partial charge in [-0.1, -0.05) is 0 Å². The predicted molar refractivity (Wildman–Crippen MR) is 80.1 cm³/mol. The topological polar surface area (TPSA) is 48.7 Å². The molecule has 1 aromatic heterocycles. The van der Waals surface area contributed by atoms with Crippen LogP contribution >= 0.6 is 0 Å². The molecule has 4 heteroatoms. The summed E-state index contributed by atoms with van der Waals surface area (Å²) in [7, 11) is 3.20. The van der Waals surface area contributed by atoms with E-state index in [0.29, 0.717) is 22.7 Å². The van der Waals surface area contributed by atoms with E-state index in [2.05, 4.69) is 0 Å². The fourth-order valence-electron chi connectivity index (χ4n) is 2.30. The number of carbonyl (C=O) groups excluding carboxylic acids is 1. The molecule has 0 radical (unpaired) electrons. The first kappa shape index (κ1) is 13.2. The number of rotatable bonds is 4. The van der Waals surface area contributed by atoms with Gasteiger partial charge in [0.1, 0.15) is 22.8 Å². The fraction of sp³-hybridized carbons (Fsp3) is 0.118. The molecule has 0 N–H and O–H groups in total. The van der Waals surface area contributed by atoms with Crippen LogP contribution in [0.1, 0.15) is 10.4 Å². The Bertz CT molecular complexity index is 784. The van der Waals surface area contributed by atoms with E-state index in [0.717, 1.165) is 23.0 Å². The molecule has 2 aromatic carbocycles. The zero-order chi connectivity index (χ0) is 14.8. The molecule has 0 aliphatic heterocycles. The van der Waals surface area contributed by atoms with E-state index in [9.17, 15) is 4.79 Å². The van der Waals surface area contributed by atoms with Crippen molar-refractivity contribution in [3.8, 4) is 22.8 Å². The summed E-state index contributed by atoms with van der Waals surface area (Å²) in [6.07, 6.45) is 0.817. The summed E-state index contributed by atoms with van der Waals surface area (Å²) < 4.78 is 16.2. The molecule has 0 spiro atoms. The number of fused-ring (bicyclic) bond motifs is 1. The first-order chi connectivity index (χ1) is 10.3. The maximum absolute atomic E-state index is 11.4. The Labute approximate surface area is 121 Å². The standard InChI is InChI=1S/C17H14O4/c1-19-12-5-3-11(4-6-12)17-15(10-18)14-8-7-13(20-2)9-16(14)21-17/h3-10H,1-2H3. The Balaban J connectivity index is 2.18. The molecule has 21 heavy (non-hydrogen) atoms. The number of methoxy groups -OCH3 is 2. The van der Waals surface area contributed by atoms with Gasteiger partial charge in [0, 0.05) is 17.0 Å². The van der Waals surface area contributed by atoms with Crippen molar-refractivity contribution in [3.05, 3.63) is 48.0 Å². The minimum Gasteiger partial charge on any atom is -0.497 e. The van der Waals surface area contributed by atoms with Crippen molar-refractivity contribution >= 4 is 17.3 Å². The maximum atomic E-state index is 11.4. The van der Waals surface area contributed by atoms with E-state index in [-0.39, 0.29) is 0 Å². The second kappa shape index (κ2) is 5.32. The van der Waals surface area contributed by atoms with Gasteiger partial charge in [0.2, 0.25) is 0 Å². The van der Waals surface area contributed by atoms with Crippen molar-refractivity contribution < 1.29 is 18.7 Å². The van der Waals surface area contributed by atoms with Crippen LogP contribution in [0.15, 0.2) is 46.9 Å². The molecule has 1 heterocycles. The third-order valence-corrected chi connectivity index (χ3v) is 3.41. The van der Waals surface area contributed by atoms with Crippen LogP contribution in [-0.2, 0) is 0 Å². The van der Waals surface area contributed by atoms with Crippen molar-refractivity contribution in [3.63, 3.8) is 0 Å². The lowest BCUT2D eigenvalue weighted by Gasteiger charge is -2.01. The monoisotopic (exact) mass is 282 g/mol. The SMILES string of the molecule is COc1ccc(-c2oc3cc(OC)ccc3c2C=O)cc1. The third kappa shape index (κ3) is 2.25. The average molecular weight is 282 g/mol. The zero-order valence-electron chi connectivity index (χ0n) is 11.8. The molecule has 3 aromatic rings. The maximum Gasteiger partial charge on any atom is 0.154 e. The molecule has 0 amide bonds. The van der Waals surface area contributed by atoms with E-state index in [1.54, 1.807) is 20.3 Å². The summed E-state index contributed by atoms with van der Waals surface area (Å²) in [5.74, 6) is 2.00. The summed E-state index contributed by atoms with van der Waals surface area (Å²) in [6.45, 7) is 0. The molecule has 0 saturated carbocycles. The van der Waals surface area contributed by atoms with E-state index < -0.39 is 0 Å². The van der Waals surface area contributed by atoms with E-state index >= 15 is 0 Å². The highest BCUT2D eigenvalue weighted by atomic mass is 16.5. The van der Waals surface area contributed by atoms with Gasteiger partial charge < -0.3 is 13.9 Å². The summed E-state index contributed by atoms with van der Waals surface area (Å²) in [6, 6.07) is 12.8. The summed E-state index contributed by atoms with van der Waals surface area (Å²) in [5, 5.41) is 0.775. The Kier molecular flexibility index (Phi) is 3.36. The number of furan rings is 1. The highest BCUT2D eigenvalue weighted by Crippen LogP contribution is 2.34. The van der Waals surface area contributed by atoms with Crippen LogP contribution in [0.5, 0.6) is 11.5 Å². The molecular weight excluding hydrogens is 268 g/mol. The molecule has 4 nitrogen and oxygen atoms in total. The summed E-state index contributed by atoms with van der Waals surface area (Å²) in [4.78, 5) is 11.4. The van der Waals surface area contributed by atoms with Crippen molar-refractivity contribution in [1.29, 1.82) is 0 Å². The Hall–Kier alpha value is -2.75. The van der Waals surface area contributed by atoms with Gasteiger partial charge in [-0.2, -0.15) is 0 Å². The number of hydrogen-bond acceptors (Lipinski definition) is 4. The Morgan fingerprint density at radius 3 is 2.24 bits per heavy atom. The molecule has 0 unspecified atom stereocenters. The van der Waals surface area contributed by atoms with Gasteiger partial charge in [0.15, 0.2) is 6.29 Å². The van der Waals surface area contributed by atoms with Gasteiger partial charge in [-0.3, -0.25) is 4.79 Å². The lowest BCUT2D eigenvalue weighted by Crippen LogP contribution is -1.85. The zero-order valence-corrected chi connectivity index (χ0v) is 11.8.